The van der Waals surface area contributed by atoms with Crippen LogP contribution in [0.4, 0.5) is 13.2 Å². The van der Waals surface area contributed by atoms with Gasteiger partial charge in [0.05, 0.1) is 0 Å². The Bertz CT molecular complexity index is 497. The molecule has 1 rings (SSSR count). The molecule has 3 N–H and O–H groups in total. The molecule has 1 amide bonds. The number of aliphatic hydroxyl groups excluding tert-OH is 2. The quantitative estimate of drug-likeness (QED) is 0.523. The average Bonchev–Trinajstić information content (AvgIpc) is 2.42. The molecule has 0 aromatic rings. The maximum atomic E-state index is 12.3. The molecule has 24 heavy (non-hydrogen) atoms. The second-order valence-corrected chi connectivity index (χ2v) is 4.93. The van der Waals surface area contributed by atoms with Gasteiger partial charge in [0.1, 0.15) is 24.9 Å². The lowest BCUT2D eigenvalue weighted by Gasteiger charge is -2.42. The number of rotatable bonds is 4. The summed E-state index contributed by atoms with van der Waals surface area (Å²) in [6.45, 7) is 1.42. The molecule has 0 radical (unpaired) electrons. The van der Waals surface area contributed by atoms with Crippen molar-refractivity contribution in [2.45, 2.75) is 50.7 Å². The van der Waals surface area contributed by atoms with Crippen LogP contribution in [0.15, 0.2) is 0 Å². The summed E-state index contributed by atoms with van der Waals surface area (Å²) in [6, 6.07) is -1.88. The number of halogens is 3. The van der Waals surface area contributed by atoms with E-state index in [9.17, 15) is 37.8 Å². The minimum Gasteiger partial charge on any atom is -0.463 e. The third-order valence-corrected chi connectivity index (χ3v) is 3.00. The minimum atomic E-state index is -5.26. The van der Waals surface area contributed by atoms with Crippen molar-refractivity contribution in [1.82, 2.24) is 5.32 Å². The zero-order valence-corrected chi connectivity index (χ0v) is 12.6. The number of aliphatic hydroxyl groups is 2. The molecule has 0 saturated carbocycles. The Labute approximate surface area is 133 Å². The van der Waals surface area contributed by atoms with Crippen LogP contribution in [-0.2, 0) is 28.6 Å². The fourth-order valence-corrected chi connectivity index (χ4v) is 1.99. The van der Waals surface area contributed by atoms with Crippen LogP contribution in [0.25, 0.3) is 0 Å². The molecule has 0 aliphatic carbocycles. The number of hydrogen-bond acceptors (Lipinski definition) is 8. The van der Waals surface area contributed by atoms with Crippen LogP contribution < -0.4 is 5.32 Å². The SMILES string of the molecule is CC(=O)OC[C@@H]1OC(O)[C@@H](NC(=O)C(F)(F)F)[C@@H](OC(C)=O)[C@@H]1O. The van der Waals surface area contributed by atoms with E-state index in [1.807, 2.05) is 0 Å². The van der Waals surface area contributed by atoms with Gasteiger partial charge in [-0.15, -0.1) is 0 Å². The number of carbonyl (C=O) groups excluding carboxylic acids is 3. The first kappa shape index (κ1) is 20.1. The van der Waals surface area contributed by atoms with Crippen LogP contribution in [0.2, 0.25) is 0 Å². The third kappa shape index (κ3) is 5.32. The smallest absolute Gasteiger partial charge is 0.463 e. The van der Waals surface area contributed by atoms with E-state index in [0.29, 0.717) is 0 Å². The molecule has 5 atom stereocenters. The number of ether oxygens (including phenoxy) is 3. The molecule has 0 aromatic heterocycles. The summed E-state index contributed by atoms with van der Waals surface area (Å²) < 4.78 is 51.1. The van der Waals surface area contributed by atoms with Crippen LogP contribution in [0, 0.1) is 0 Å². The van der Waals surface area contributed by atoms with Gasteiger partial charge in [-0.25, -0.2) is 0 Å². The van der Waals surface area contributed by atoms with Gasteiger partial charge in [0.15, 0.2) is 12.4 Å². The zero-order chi connectivity index (χ0) is 18.7. The molecule has 12 heteroatoms. The van der Waals surface area contributed by atoms with Crippen molar-refractivity contribution in [3.8, 4) is 0 Å². The summed E-state index contributed by atoms with van der Waals surface area (Å²) in [5.41, 5.74) is 0. The minimum absolute atomic E-state index is 0.550. The normalized spacial score (nSPS) is 30.4. The maximum absolute atomic E-state index is 12.3. The van der Waals surface area contributed by atoms with Crippen LogP contribution in [0.5, 0.6) is 0 Å². The molecule has 1 unspecified atom stereocenters. The molecule has 1 fully saturated rings. The molecule has 1 aliphatic heterocycles. The van der Waals surface area contributed by atoms with Crippen LogP contribution in [0.1, 0.15) is 13.8 Å². The van der Waals surface area contributed by atoms with Crippen molar-refractivity contribution in [3.05, 3.63) is 0 Å². The summed E-state index contributed by atoms with van der Waals surface area (Å²) in [7, 11) is 0. The second-order valence-electron chi connectivity index (χ2n) is 4.93. The first-order valence-corrected chi connectivity index (χ1v) is 6.63. The molecule has 138 valence electrons. The second kappa shape index (κ2) is 7.77. The summed E-state index contributed by atoms with van der Waals surface area (Å²) in [5, 5.41) is 21.2. The molecule has 1 heterocycles. The van der Waals surface area contributed by atoms with Gasteiger partial charge in [-0.05, 0) is 0 Å². The molecular weight excluding hydrogens is 343 g/mol. The number of amides is 1. The predicted molar refractivity (Wildman–Crippen MR) is 67.1 cm³/mol. The Morgan fingerprint density at radius 1 is 1.17 bits per heavy atom. The summed E-state index contributed by atoms with van der Waals surface area (Å²) >= 11 is 0. The number of carbonyl (C=O) groups is 3. The molecule has 0 spiro atoms. The Morgan fingerprint density at radius 2 is 1.75 bits per heavy atom. The van der Waals surface area contributed by atoms with E-state index >= 15 is 0 Å². The van der Waals surface area contributed by atoms with E-state index in [1.165, 1.54) is 5.32 Å². The van der Waals surface area contributed by atoms with Gasteiger partial charge in [0, 0.05) is 13.8 Å². The number of alkyl halides is 3. The standard InChI is InChI=1S/C12H16F3NO8/c1-4(17)22-3-6-8(19)9(23-5(2)18)7(10(20)24-6)16-11(21)12(13,14)15/h6-10,19-20H,3H2,1-2H3,(H,16,21)/t6-,7-,8+,9+,10?/m0/s1. The van der Waals surface area contributed by atoms with Crippen LogP contribution in [-0.4, -0.2) is 71.5 Å². The van der Waals surface area contributed by atoms with E-state index in [2.05, 4.69) is 9.47 Å². The summed E-state index contributed by atoms with van der Waals surface area (Å²) in [4.78, 5) is 32.9. The number of hydrogen-bond donors (Lipinski definition) is 3. The maximum Gasteiger partial charge on any atom is 0.471 e. The van der Waals surface area contributed by atoms with E-state index < -0.39 is 61.3 Å². The topological polar surface area (TPSA) is 131 Å². The number of nitrogens with one attached hydrogen (secondary N) is 1. The molecule has 0 bridgehead atoms. The molecule has 0 aromatic carbocycles. The molecule has 9 nitrogen and oxygen atoms in total. The van der Waals surface area contributed by atoms with Crippen molar-refractivity contribution in [2.75, 3.05) is 6.61 Å². The van der Waals surface area contributed by atoms with Crippen molar-refractivity contribution in [3.63, 3.8) is 0 Å². The van der Waals surface area contributed by atoms with Gasteiger partial charge in [-0.1, -0.05) is 0 Å². The average molecular weight is 359 g/mol. The Hall–Kier alpha value is -1.92. The Kier molecular flexibility index (Phi) is 6.51. The van der Waals surface area contributed by atoms with Gasteiger partial charge >= 0.3 is 24.0 Å². The van der Waals surface area contributed by atoms with E-state index in [0.717, 1.165) is 13.8 Å². The van der Waals surface area contributed by atoms with Crippen molar-refractivity contribution < 1.29 is 52.0 Å². The summed E-state index contributed by atoms with van der Waals surface area (Å²) in [6.07, 6.45) is -12.2. The van der Waals surface area contributed by atoms with E-state index in [-0.39, 0.29) is 0 Å². The Morgan fingerprint density at radius 3 is 2.21 bits per heavy atom. The third-order valence-electron chi connectivity index (χ3n) is 3.00. The summed E-state index contributed by atoms with van der Waals surface area (Å²) in [5.74, 6) is -4.14. The first-order chi connectivity index (χ1) is 10.9. The highest BCUT2D eigenvalue weighted by molar-refractivity contribution is 5.82. The molecule has 1 saturated heterocycles. The van der Waals surface area contributed by atoms with E-state index in [1.54, 1.807) is 0 Å². The van der Waals surface area contributed by atoms with Crippen molar-refractivity contribution >= 4 is 17.8 Å². The highest BCUT2D eigenvalue weighted by Crippen LogP contribution is 2.25. The van der Waals surface area contributed by atoms with Crippen molar-refractivity contribution in [1.29, 1.82) is 0 Å². The lowest BCUT2D eigenvalue weighted by molar-refractivity contribution is -0.261. The van der Waals surface area contributed by atoms with Gasteiger partial charge < -0.3 is 29.7 Å². The van der Waals surface area contributed by atoms with Gasteiger partial charge in [-0.2, -0.15) is 13.2 Å². The lowest BCUT2D eigenvalue weighted by atomic mass is 9.96. The van der Waals surface area contributed by atoms with Gasteiger partial charge in [0.2, 0.25) is 0 Å². The molecular formula is C12H16F3NO8. The monoisotopic (exact) mass is 359 g/mol. The highest BCUT2D eigenvalue weighted by atomic mass is 19.4. The predicted octanol–water partition coefficient (Wildman–Crippen LogP) is -1.39. The fourth-order valence-electron chi connectivity index (χ4n) is 1.99. The lowest BCUT2D eigenvalue weighted by Crippen LogP contribution is -2.66. The first-order valence-electron chi connectivity index (χ1n) is 6.63. The van der Waals surface area contributed by atoms with Gasteiger partial charge in [-0.3, -0.25) is 14.4 Å². The van der Waals surface area contributed by atoms with Gasteiger partial charge in [0.25, 0.3) is 0 Å². The molecule has 1 aliphatic rings. The Balaban J connectivity index is 2.95. The fraction of sp³-hybridized carbons (Fsp3) is 0.750. The van der Waals surface area contributed by atoms with Crippen LogP contribution in [0.3, 0.4) is 0 Å². The van der Waals surface area contributed by atoms with E-state index in [4.69, 9.17) is 4.74 Å². The number of esters is 2. The largest absolute Gasteiger partial charge is 0.471 e. The van der Waals surface area contributed by atoms with Crippen molar-refractivity contribution in [2.24, 2.45) is 0 Å². The zero-order valence-electron chi connectivity index (χ0n) is 12.6. The van der Waals surface area contributed by atoms with Crippen LogP contribution >= 0.6 is 0 Å². The highest BCUT2D eigenvalue weighted by Gasteiger charge is 2.50.